The second kappa shape index (κ2) is 11.2. The van der Waals surface area contributed by atoms with Crippen LogP contribution in [0.4, 0.5) is 0 Å². The first-order valence-electron chi connectivity index (χ1n) is 12.0. The van der Waals surface area contributed by atoms with E-state index in [-0.39, 0.29) is 12.0 Å². The standard InChI is InChI=1S/C25H36N6O/c1-26-25(29-22-13-16-31(19-22)24(32)21-11-5-6-12-21)28-18-23-27-14-17-30(23)15-7-10-20-8-3-2-4-9-20/h2-4,8-9,14,17,21-22H,5-7,10-13,15-16,18-19H2,1H3,(H2,26,28,29). The van der Waals surface area contributed by atoms with Crippen LogP contribution < -0.4 is 10.6 Å². The fraction of sp³-hybridized carbons (Fsp3) is 0.560. The molecule has 1 aliphatic carbocycles. The second-order valence-corrected chi connectivity index (χ2v) is 8.95. The van der Waals surface area contributed by atoms with Crippen molar-refractivity contribution < 1.29 is 4.79 Å². The fourth-order valence-corrected chi connectivity index (χ4v) is 4.87. The van der Waals surface area contributed by atoms with E-state index in [9.17, 15) is 4.79 Å². The van der Waals surface area contributed by atoms with Crippen LogP contribution in [0.15, 0.2) is 47.7 Å². The summed E-state index contributed by atoms with van der Waals surface area (Å²) < 4.78 is 2.21. The van der Waals surface area contributed by atoms with Gasteiger partial charge in [-0.2, -0.15) is 0 Å². The fourth-order valence-electron chi connectivity index (χ4n) is 4.87. The van der Waals surface area contributed by atoms with Crippen LogP contribution >= 0.6 is 0 Å². The molecular weight excluding hydrogens is 400 g/mol. The van der Waals surface area contributed by atoms with Gasteiger partial charge in [0.25, 0.3) is 0 Å². The van der Waals surface area contributed by atoms with E-state index in [0.717, 1.165) is 63.5 Å². The largest absolute Gasteiger partial charge is 0.352 e. The number of carbonyl (C=O) groups is 1. The smallest absolute Gasteiger partial charge is 0.225 e. The predicted molar refractivity (Wildman–Crippen MR) is 127 cm³/mol. The van der Waals surface area contributed by atoms with Crippen molar-refractivity contribution in [2.45, 2.75) is 64.1 Å². The Morgan fingerprint density at radius 3 is 2.78 bits per heavy atom. The molecule has 2 aliphatic rings. The van der Waals surface area contributed by atoms with Crippen molar-refractivity contribution in [2.75, 3.05) is 20.1 Å². The third-order valence-corrected chi connectivity index (χ3v) is 6.69. The molecule has 172 valence electrons. The maximum Gasteiger partial charge on any atom is 0.225 e. The van der Waals surface area contributed by atoms with Gasteiger partial charge in [0.05, 0.1) is 6.54 Å². The van der Waals surface area contributed by atoms with Crippen LogP contribution in [0.25, 0.3) is 0 Å². The maximum absolute atomic E-state index is 12.7. The van der Waals surface area contributed by atoms with Gasteiger partial charge in [-0.3, -0.25) is 9.79 Å². The number of benzene rings is 1. The van der Waals surface area contributed by atoms with Crippen LogP contribution in [0.2, 0.25) is 0 Å². The molecule has 1 aliphatic heterocycles. The van der Waals surface area contributed by atoms with Crippen molar-refractivity contribution in [3.05, 3.63) is 54.1 Å². The van der Waals surface area contributed by atoms with Gasteiger partial charge in [0.1, 0.15) is 5.82 Å². The lowest BCUT2D eigenvalue weighted by Gasteiger charge is -2.21. The Bertz CT molecular complexity index is 887. The SMILES string of the molecule is CN=C(NCc1nccn1CCCc1ccccc1)NC1CCN(C(=O)C2CCCC2)C1. The number of nitrogens with zero attached hydrogens (tertiary/aromatic N) is 4. The number of aryl methyl sites for hydroxylation is 2. The molecule has 2 heterocycles. The van der Waals surface area contributed by atoms with E-state index < -0.39 is 0 Å². The van der Waals surface area contributed by atoms with E-state index in [4.69, 9.17) is 0 Å². The van der Waals surface area contributed by atoms with E-state index in [2.05, 4.69) is 55.5 Å². The Hall–Kier alpha value is -2.83. The number of likely N-dealkylation sites (tertiary alicyclic amines) is 1. The number of guanidine groups is 1. The van der Waals surface area contributed by atoms with Gasteiger partial charge in [-0.15, -0.1) is 0 Å². The first-order chi connectivity index (χ1) is 15.7. The highest BCUT2D eigenvalue weighted by Gasteiger charge is 2.32. The number of carbonyl (C=O) groups excluding carboxylic acids is 1. The maximum atomic E-state index is 12.7. The third kappa shape index (κ3) is 5.90. The van der Waals surface area contributed by atoms with Gasteiger partial charge < -0.3 is 20.1 Å². The molecule has 7 heteroatoms. The molecule has 4 rings (SSSR count). The van der Waals surface area contributed by atoms with Crippen LogP contribution in [-0.4, -0.2) is 52.5 Å². The van der Waals surface area contributed by atoms with E-state index in [1.165, 1.54) is 18.4 Å². The third-order valence-electron chi connectivity index (χ3n) is 6.69. The Balaban J connectivity index is 1.21. The van der Waals surface area contributed by atoms with E-state index in [1.54, 1.807) is 7.05 Å². The predicted octanol–water partition coefficient (Wildman–Crippen LogP) is 2.97. The molecule has 2 N–H and O–H groups in total. The zero-order chi connectivity index (χ0) is 22.2. The molecule has 2 fully saturated rings. The van der Waals surface area contributed by atoms with Gasteiger partial charge in [-0.1, -0.05) is 43.2 Å². The summed E-state index contributed by atoms with van der Waals surface area (Å²) in [5, 5.41) is 6.89. The average molecular weight is 437 g/mol. The molecular formula is C25H36N6O. The quantitative estimate of drug-likeness (QED) is 0.493. The average Bonchev–Trinajstić information content (AvgIpc) is 3.59. The topological polar surface area (TPSA) is 74.6 Å². The van der Waals surface area contributed by atoms with Crippen molar-refractivity contribution >= 4 is 11.9 Å². The van der Waals surface area contributed by atoms with Crippen molar-refractivity contribution in [1.82, 2.24) is 25.1 Å². The van der Waals surface area contributed by atoms with Crippen molar-refractivity contribution in [1.29, 1.82) is 0 Å². The number of aliphatic imine (C=N–C) groups is 1. The zero-order valence-electron chi connectivity index (χ0n) is 19.2. The molecule has 1 amide bonds. The van der Waals surface area contributed by atoms with Gasteiger partial charge >= 0.3 is 0 Å². The summed E-state index contributed by atoms with van der Waals surface area (Å²) in [5.74, 6) is 2.38. The normalized spacial score (nSPS) is 19.5. The van der Waals surface area contributed by atoms with E-state index in [0.29, 0.717) is 12.5 Å². The van der Waals surface area contributed by atoms with Gasteiger partial charge in [0, 0.05) is 51.0 Å². The number of hydrogen-bond donors (Lipinski definition) is 2. The molecule has 1 atom stereocenters. The minimum absolute atomic E-state index is 0.247. The molecule has 2 aromatic rings. The molecule has 1 aromatic carbocycles. The number of amides is 1. The van der Waals surface area contributed by atoms with E-state index >= 15 is 0 Å². The molecule has 7 nitrogen and oxygen atoms in total. The second-order valence-electron chi connectivity index (χ2n) is 8.95. The van der Waals surface area contributed by atoms with Crippen LogP contribution in [0.5, 0.6) is 0 Å². The summed E-state index contributed by atoms with van der Waals surface area (Å²) in [6.07, 6.45) is 11.5. The minimum atomic E-state index is 0.247. The summed E-state index contributed by atoms with van der Waals surface area (Å²) >= 11 is 0. The molecule has 0 spiro atoms. The summed E-state index contributed by atoms with van der Waals surface area (Å²) in [6.45, 7) is 3.17. The van der Waals surface area contributed by atoms with Gasteiger partial charge in [-0.05, 0) is 37.7 Å². The molecule has 1 saturated carbocycles. The van der Waals surface area contributed by atoms with E-state index in [1.807, 2.05) is 17.3 Å². The Labute approximate surface area is 191 Å². The number of aromatic nitrogens is 2. The molecule has 1 unspecified atom stereocenters. The first-order valence-corrected chi connectivity index (χ1v) is 12.0. The number of hydrogen-bond acceptors (Lipinski definition) is 3. The van der Waals surface area contributed by atoms with Crippen LogP contribution in [-0.2, 0) is 24.3 Å². The Morgan fingerprint density at radius 2 is 2.00 bits per heavy atom. The molecule has 1 saturated heterocycles. The summed E-state index contributed by atoms with van der Waals surface area (Å²) in [6, 6.07) is 10.8. The van der Waals surface area contributed by atoms with Gasteiger partial charge in [0.15, 0.2) is 5.96 Å². The number of nitrogens with one attached hydrogen (secondary N) is 2. The minimum Gasteiger partial charge on any atom is -0.352 e. The highest BCUT2D eigenvalue weighted by Crippen LogP contribution is 2.27. The number of rotatable bonds is 8. The van der Waals surface area contributed by atoms with Crippen molar-refractivity contribution in [3.63, 3.8) is 0 Å². The molecule has 0 bridgehead atoms. The van der Waals surface area contributed by atoms with Crippen LogP contribution in [0.1, 0.15) is 49.9 Å². The lowest BCUT2D eigenvalue weighted by molar-refractivity contribution is -0.134. The van der Waals surface area contributed by atoms with Gasteiger partial charge in [0.2, 0.25) is 5.91 Å². The lowest BCUT2D eigenvalue weighted by Crippen LogP contribution is -2.45. The summed E-state index contributed by atoms with van der Waals surface area (Å²) in [4.78, 5) is 23.6. The number of imidazole rings is 1. The van der Waals surface area contributed by atoms with Crippen LogP contribution in [0, 0.1) is 5.92 Å². The van der Waals surface area contributed by atoms with Gasteiger partial charge in [-0.25, -0.2) is 4.98 Å². The zero-order valence-corrected chi connectivity index (χ0v) is 19.2. The Morgan fingerprint density at radius 1 is 1.19 bits per heavy atom. The molecule has 0 radical (unpaired) electrons. The molecule has 1 aromatic heterocycles. The summed E-state index contributed by atoms with van der Waals surface area (Å²) in [7, 11) is 1.79. The van der Waals surface area contributed by atoms with Crippen molar-refractivity contribution in [2.24, 2.45) is 10.9 Å². The van der Waals surface area contributed by atoms with Crippen LogP contribution in [0.3, 0.4) is 0 Å². The molecule has 32 heavy (non-hydrogen) atoms. The first kappa shape index (κ1) is 22.4. The highest BCUT2D eigenvalue weighted by molar-refractivity contribution is 5.81. The lowest BCUT2D eigenvalue weighted by atomic mass is 10.1. The van der Waals surface area contributed by atoms with Crippen molar-refractivity contribution in [3.8, 4) is 0 Å². The highest BCUT2D eigenvalue weighted by atomic mass is 16.2. The Kier molecular flexibility index (Phi) is 7.80. The summed E-state index contributed by atoms with van der Waals surface area (Å²) in [5.41, 5.74) is 1.37. The monoisotopic (exact) mass is 436 g/mol.